The lowest BCUT2D eigenvalue weighted by atomic mass is 10.1. The molecule has 0 spiro atoms. The second-order valence-electron chi connectivity index (χ2n) is 3.83. The maximum absolute atomic E-state index is 10.7. The molecule has 0 aromatic heterocycles. The van der Waals surface area contributed by atoms with Crippen LogP contribution in [-0.4, -0.2) is 26.5 Å². The van der Waals surface area contributed by atoms with Gasteiger partial charge in [0.05, 0.1) is 0 Å². The van der Waals surface area contributed by atoms with Crippen molar-refractivity contribution in [3.05, 3.63) is 28.8 Å². The van der Waals surface area contributed by atoms with Crippen LogP contribution >= 0.6 is 0 Å². The predicted octanol–water partition coefficient (Wildman–Crippen LogP) is 2.46. The fourth-order valence-electron chi connectivity index (χ4n) is 1.54. The fraction of sp³-hybridized carbons (Fsp3) is 0.462. The van der Waals surface area contributed by atoms with Crippen LogP contribution in [0.1, 0.15) is 28.4 Å². The van der Waals surface area contributed by atoms with Gasteiger partial charge >= 0.3 is 0 Å². The summed E-state index contributed by atoms with van der Waals surface area (Å²) in [5.41, 5.74) is 2.49. The van der Waals surface area contributed by atoms with Gasteiger partial charge in [0.1, 0.15) is 12.0 Å². The molecule has 0 bridgehead atoms. The van der Waals surface area contributed by atoms with Crippen molar-refractivity contribution in [3.8, 4) is 5.75 Å². The zero-order valence-electron chi connectivity index (χ0n) is 10.6. The number of carbonyl (C=O) groups excluding carboxylic acids is 1. The lowest BCUT2D eigenvalue weighted by Crippen LogP contribution is -2.15. The highest BCUT2D eigenvalue weighted by atomic mass is 16.7. The first kappa shape index (κ1) is 13.7. The first-order chi connectivity index (χ1) is 8.08. The van der Waals surface area contributed by atoms with Gasteiger partial charge in [-0.3, -0.25) is 4.79 Å². The molecule has 0 N–H and O–H groups in total. The van der Waals surface area contributed by atoms with Gasteiger partial charge in [0.2, 0.25) is 0 Å². The Kier molecular flexibility index (Phi) is 5.12. The van der Waals surface area contributed by atoms with Gasteiger partial charge in [0.25, 0.3) is 0 Å². The van der Waals surface area contributed by atoms with Crippen LogP contribution in [0, 0.1) is 13.8 Å². The second-order valence-corrected chi connectivity index (χ2v) is 3.83. The van der Waals surface area contributed by atoms with Crippen LogP contribution in [0.15, 0.2) is 12.1 Å². The molecule has 0 aliphatic heterocycles. The average molecular weight is 238 g/mol. The minimum Gasteiger partial charge on any atom is -0.467 e. The molecule has 4 heteroatoms. The molecule has 94 valence electrons. The minimum atomic E-state index is -0.301. The van der Waals surface area contributed by atoms with E-state index >= 15 is 0 Å². The van der Waals surface area contributed by atoms with E-state index in [0.717, 1.165) is 23.2 Å². The van der Waals surface area contributed by atoms with Gasteiger partial charge in [0.15, 0.2) is 13.1 Å². The number of methoxy groups -OCH3 is 1. The third kappa shape index (κ3) is 3.84. The normalized spacial score (nSPS) is 12.2. The Bertz CT molecular complexity index is 364. The molecule has 0 saturated heterocycles. The van der Waals surface area contributed by atoms with Crippen molar-refractivity contribution >= 4 is 6.29 Å². The lowest BCUT2D eigenvalue weighted by Gasteiger charge is -2.15. The molecule has 0 heterocycles. The smallest absolute Gasteiger partial charge is 0.191 e. The van der Waals surface area contributed by atoms with E-state index in [0.29, 0.717) is 5.56 Å². The Morgan fingerprint density at radius 2 is 1.88 bits per heavy atom. The van der Waals surface area contributed by atoms with E-state index in [9.17, 15) is 4.79 Å². The van der Waals surface area contributed by atoms with Gasteiger partial charge in [-0.2, -0.15) is 0 Å². The first-order valence-electron chi connectivity index (χ1n) is 5.42. The third-order valence-electron chi connectivity index (χ3n) is 2.46. The van der Waals surface area contributed by atoms with Crippen LogP contribution in [-0.2, 0) is 9.47 Å². The molecule has 1 aromatic rings. The molecule has 0 saturated carbocycles. The molecule has 0 fully saturated rings. The molecule has 0 amide bonds. The van der Waals surface area contributed by atoms with Crippen molar-refractivity contribution in [2.75, 3.05) is 13.9 Å². The summed E-state index contributed by atoms with van der Waals surface area (Å²) in [6.45, 7) is 5.71. The molecule has 1 aromatic carbocycles. The summed E-state index contributed by atoms with van der Waals surface area (Å²) in [7, 11) is 1.57. The van der Waals surface area contributed by atoms with E-state index in [1.54, 1.807) is 26.2 Å². The van der Waals surface area contributed by atoms with E-state index in [2.05, 4.69) is 0 Å². The third-order valence-corrected chi connectivity index (χ3v) is 2.46. The monoisotopic (exact) mass is 238 g/mol. The van der Waals surface area contributed by atoms with E-state index in [4.69, 9.17) is 14.2 Å². The highest BCUT2D eigenvalue weighted by Gasteiger charge is 2.07. The Morgan fingerprint density at radius 1 is 1.29 bits per heavy atom. The van der Waals surface area contributed by atoms with Crippen molar-refractivity contribution in [1.82, 2.24) is 0 Å². The van der Waals surface area contributed by atoms with Gasteiger partial charge < -0.3 is 14.2 Å². The summed E-state index contributed by atoms with van der Waals surface area (Å²) < 4.78 is 15.7. The van der Waals surface area contributed by atoms with E-state index in [1.807, 2.05) is 13.8 Å². The van der Waals surface area contributed by atoms with Crippen LogP contribution in [0.2, 0.25) is 0 Å². The summed E-state index contributed by atoms with van der Waals surface area (Å²) >= 11 is 0. The number of hydrogen-bond donors (Lipinski definition) is 0. The predicted molar refractivity (Wildman–Crippen MR) is 64.4 cm³/mol. The van der Waals surface area contributed by atoms with E-state index in [1.165, 1.54) is 0 Å². The number of carbonyl (C=O) groups is 1. The average Bonchev–Trinajstić information content (AvgIpc) is 2.31. The van der Waals surface area contributed by atoms with Gasteiger partial charge in [-0.25, -0.2) is 0 Å². The maximum atomic E-state index is 10.7. The van der Waals surface area contributed by atoms with Crippen LogP contribution in [0.5, 0.6) is 5.75 Å². The topological polar surface area (TPSA) is 44.8 Å². The molecule has 1 atom stereocenters. The molecule has 1 rings (SSSR count). The van der Waals surface area contributed by atoms with Crippen molar-refractivity contribution in [3.63, 3.8) is 0 Å². The van der Waals surface area contributed by atoms with Crippen LogP contribution < -0.4 is 4.74 Å². The number of hydrogen-bond acceptors (Lipinski definition) is 4. The zero-order valence-corrected chi connectivity index (χ0v) is 10.6. The summed E-state index contributed by atoms with van der Waals surface area (Å²) in [6, 6.07) is 3.57. The van der Waals surface area contributed by atoms with Crippen molar-refractivity contribution in [2.45, 2.75) is 27.1 Å². The molecular weight excluding hydrogens is 220 g/mol. The minimum absolute atomic E-state index is 0.122. The Balaban J connectivity index is 2.68. The van der Waals surface area contributed by atoms with Crippen LogP contribution in [0.4, 0.5) is 0 Å². The molecule has 1 unspecified atom stereocenters. The summed E-state index contributed by atoms with van der Waals surface area (Å²) in [5.74, 6) is 0.749. The quantitative estimate of drug-likeness (QED) is 0.564. The van der Waals surface area contributed by atoms with Crippen LogP contribution in [0.25, 0.3) is 0 Å². The summed E-state index contributed by atoms with van der Waals surface area (Å²) in [5, 5.41) is 0. The number of benzene rings is 1. The largest absolute Gasteiger partial charge is 0.467 e. The van der Waals surface area contributed by atoms with Crippen molar-refractivity contribution in [2.24, 2.45) is 0 Å². The molecule has 0 aliphatic rings. The van der Waals surface area contributed by atoms with E-state index < -0.39 is 0 Å². The summed E-state index contributed by atoms with van der Waals surface area (Å²) in [6.07, 6.45) is 0.526. The van der Waals surface area contributed by atoms with Crippen LogP contribution in [0.3, 0.4) is 0 Å². The molecular formula is C13H18O4. The van der Waals surface area contributed by atoms with Gasteiger partial charge in [-0.15, -0.1) is 0 Å². The second kappa shape index (κ2) is 6.37. The number of rotatable bonds is 6. The molecule has 17 heavy (non-hydrogen) atoms. The standard InChI is InChI=1S/C13H18O4/c1-9-5-12(7-14)6-10(2)13(9)17-8-16-11(3)15-4/h5-7,11H,8H2,1-4H3. The number of aryl methyl sites for hydroxylation is 2. The maximum Gasteiger partial charge on any atom is 0.191 e. The molecule has 4 nitrogen and oxygen atoms in total. The lowest BCUT2D eigenvalue weighted by molar-refractivity contribution is -0.149. The van der Waals surface area contributed by atoms with Crippen molar-refractivity contribution in [1.29, 1.82) is 0 Å². The summed E-state index contributed by atoms with van der Waals surface area (Å²) in [4.78, 5) is 10.7. The van der Waals surface area contributed by atoms with E-state index in [-0.39, 0.29) is 13.1 Å². The Labute approximate surface area is 101 Å². The zero-order chi connectivity index (χ0) is 12.8. The van der Waals surface area contributed by atoms with Gasteiger partial charge in [0, 0.05) is 12.7 Å². The molecule has 0 radical (unpaired) electrons. The highest BCUT2D eigenvalue weighted by Crippen LogP contribution is 2.24. The molecule has 0 aliphatic carbocycles. The van der Waals surface area contributed by atoms with Crippen molar-refractivity contribution < 1.29 is 19.0 Å². The first-order valence-corrected chi connectivity index (χ1v) is 5.42. The highest BCUT2D eigenvalue weighted by molar-refractivity contribution is 5.76. The Hall–Kier alpha value is -1.39. The fourth-order valence-corrected chi connectivity index (χ4v) is 1.54. The number of aldehydes is 1. The number of ether oxygens (including phenoxy) is 3. The Morgan fingerprint density at radius 3 is 2.35 bits per heavy atom. The van der Waals surface area contributed by atoms with Gasteiger partial charge in [-0.1, -0.05) is 0 Å². The SMILES string of the molecule is COC(C)OCOc1c(C)cc(C=O)cc1C. The van der Waals surface area contributed by atoms with Gasteiger partial charge in [-0.05, 0) is 44.0 Å².